The van der Waals surface area contributed by atoms with Gasteiger partial charge in [0.25, 0.3) is 5.91 Å². The van der Waals surface area contributed by atoms with Crippen molar-refractivity contribution in [2.24, 2.45) is 0 Å². The number of fused-ring (bicyclic) bond motifs is 2. The summed E-state index contributed by atoms with van der Waals surface area (Å²) in [6, 6.07) is 10.9. The van der Waals surface area contributed by atoms with Crippen molar-refractivity contribution in [1.82, 2.24) is 10.3 Å². The monoisotopic (exact) mass is 424 g/mol. The zero-order chi connectivity index (χ0) is 22.8. The standard InChI is InChI=1S/C23H24N2O6/c1-23(2,3)31-21(28)16-10-14(20(27)25-19(12-26)22(29)30-4)11-18-15(16)9-13-7-5-6-8-17(13)24-18/h5-11,19,26H,12H2,1-4H3,(H,25,27). The van der Waals surface area contributed by atoms with E-state index in [0.717, 1.165) is 12.5 Å². The number of benzene rings is 2. The molecule has 0 saturated heterocycles. The van der Waals surface area contributed by atoms with Gasteiger partial charge in [-0.3, -0.25) is 4.79 Å². The first-order valence-corrected chi connectivity index (χ1v) is 9.69. The molecule has 0 radical (unpaired) electrons. The number of amides is 1. The van der Waals surface area contributed by atoms with Gasteiger partial charge in [-0.05, 0) is 45.0 Å². The summed E-state index contributed by atoms with van der Waals surface area (Å²) in [5.74, 6) is -2.05. The molecule has 1 aromatic heterocycles. The van der Waals surface area contributed by atoms with Crippen LogP contribution in [0.25, 0.3) is 21.8 Å². The van der Waals surface area contributed by atoms with E-state index in [4.69, 9.17) is 4.74 Å². The van der Waals surface area contributed by atoms with Gasteiger partial charge in [-0.2, -0.15) is 0 Å². The van der Waals surface area contributed by atoms with Crippen molar-refractivity contribution in [2.45, 2.75) is 32.4 Å². The quantitative estimate of drug-likeness (QED) is 0.478. The van der Waals surface area contributed by atoms with Gasteiger partial charge >= 0.3 is 11.9 Å². The predicted octanol–water partition coefficient (Wildman–Crippen LogP) is 2.61. The number of methoxy groups -OCH3 is 1. The van der Waals surface area contributed by atoms with Crippen LogP contribution in [-0.4, -0.2) is 53.3 Å². The van der Waals surface area contributed by atoms with Gasteiger partial charge in [-0.15, -0.1) is 0 Å². The third-order valence-electron chi connectivity index (χ3n) is 4.49. The Morgan fingerprint density at radius 3 is 2.45 bits per heavy atom. The number of nitrogens with one attached hydrogen (secondary N) is 1. The molecule has 2 aromatic carbocycles. The molecule has 0 aliphatic carbocycles. The molecule has 3 aromatic rings. The van der Waals surface area contributed by atoms with Crippen LogP contribution in [0, 0.1) is 0 Å². The lowest BCUT2D eigenvalue weighted by Gasteiger charge is -2.20. The van der Waals surface area contributed by atoms with Gasteiger partial charge in [0, 0.05) is 16.3 Å². The second-order valence-electron chi connectivity index (χ2n) is 8.01. The van der Waals surface area contributed by atoms with E-state index >= 15 is 0 Å². The molecule has 0 spiro atoms. The minimum absolute atomic E-state index is 0.0958. The molecule has 0 aliphatic heterocycles. The average Bonchev–Trinajstić information content (AvgIpc) is 2.73. The van der Waals surface area contributed by atoms with Crippen molar-refractivity contribution in [3.05, 3.63) is 53.6 Å². The fourth-order valence-electron chi connectivity index (χ4n) is 3.07. The molecule has 0 saturated carbocycles. The Morgan fingerprint density at radius 1 is 1.10 bits per heavy atom. The summed E-state index contributed by atoms with van der Waals surface area (Å²) >= 11 is 0. The minimum atomic E-state index is -1.23. The number of rotatable bonds is 5. The molecular weight excluding hydrogens is 400 g/mol. The Hall–Kier alpha value is -3.52. The van der Waals surface area contributed by atoms with Gasteiger partial charge in [-0.25, -0.2) is 14.6 Å². The number of nitrogens with zero attached hydrogens (tertiary/aromatic N) is 1. The normalized spacial score (nSPS) is 12.4. The highest BCUT2D eigenvalue weighted by molar-refractivity contribution is 6.10. The number of hydrogen-bond donors (Lipinski definition) is 2. The minimum Gasteiger partial charge on any atom is -0.467 e. The SMILES string of the molecule is COC(=O)C(CO)NC(=O)c1cc(C(=O)OC(C)(C)C)c2cc3ccccc3nc2c1. The van der Waals surface area contributed by atoms with E-state index in [-0.39, 0.29) is 11.1 Å². The Morgan fingerprint density at radius 2 is 1.81 bits per heavy atom. The molecule has 31 heavy (non-hydrogen) atoms. The number of carbonyl (C=O) groups excluding carboxylic acids is 3. The number of aromatic nitrogens is 1. The van der Waals surface area contributed by atoms with E-state index in [1.54, 1.807) is 20.8 Å². The largest absolute Gasteiger partial charge is 0.467 e. The number of carbonyl (C=O) groups is 3. The average molecular weight is 424 g/mol. The van der Waals surface area contributed by atoms with Gasteiger partial charge < -0.3 is 19.9 Å². The molecule has 162 valence electrons. The van der Waals surface area contributed by atoms with Crippen LogP contribution in [0.15, 0.2) is 42.5 Å². The van der Waals surface area contributed by atoms with Gasteiger partial charge in [0.1, 0.15) is 5.60 Å². The molecule has 8 heteroatoms. The summed E-state index contributed by atoms with van der Waals surface area (Å²) in [7, 11) is 1.16. The third-order valence-corrected chi connectivity index (χ3v) is 4.49. The molecule has 0 aliphatic rings. The molecule has 1 unspecified atom stereocenters. The molecule has 1 amide bonds. The number of ether oxygens (including phenoxy) is 2. The summed E-state index contributed by atoms with van der Waals surface area (Å²) in [4.78, 5) is 42.0. The van der Waals surface area contributed by atoms with E-state index in [1.807, 2.05) is 30.3 Å². The van der Waals surface area contributed by atoms with Gasteiger partial charge in [0.2, 0.25) is 0 Å². The van der Waals surface area contributed by atoms with Crippen LogP contribution in [0.1, 0.15) is 41.5 Å². The Balaban J connectivity index is 2.14. The van der Waals surface area contributed by atoms with Gasteiger partial charge in [0.15, 0.2) is 6.04 Å². The second kappa shape index (κ2) is 8.69. The van der Waals surface area contributed by atoms with Crippen LogP contribution in [0.2, 0.25) is 0 Å². The third kappa shape index (κ3) is 4.97. The van der Waals surface area contributed by atoms with Gasteiger partial charge in [-0.1, -0.05) is 18.2 Å². The second-order valence-corrected chi connectivity index (χ2v) is 8.01. The first-order chi connectivity index (χ1) is 14.6. The maximum Gasteiger partial charge on any atom is 0.339 e. The smallest absolute Gasteiger partial charge is 0.339 e. The van der Waals surface area contributed by atoms with E-state index < -0.39 is 36.1 Å². The number of para-hydroxylation sites is 1. The molecule has 1 atom stereocenters. The Labute approximate surface area is 179 Å². The molecule has 3 rings (SSSR count). The molecule has 8 nitrogen and oxygen atoms in total. The fourth-order valence-corrected chi connectivity index (χ4v) is 3.07. The van der Waals surface area contributed by atoms with Crippen LogP contribution >= 0.6 is 0 Å². The van der Waals surface area contributed by atoms with Crippen molar-refractivity contribution in [2.75, 3.05) is 13.7 Å². The molecule has 0 fully saturated rings. The van der Waals surface area contributed by atoms with Crippen LogP contribution in [0.4, 0.5) is 0 Å². The first-order valence-electron chi connectivity index (χ1n) is 9.69. The van der Waals surface area contributed by atoms with E-state index in [2.05, 4.69) is 15.0 Å². The van der Waals surface area contributed by atoms with E-state index in [0.29, 0.717) is 16.4 Å². The summed E-state index contributed by atoms with van der Waals surface area (Å²) in [6.07, 6.45) is 0. The van der Waals surface area contributed by atoms with Crippen molar-refractivity contribution in [3.8, 4) is 0 Å². The highest BCUT2D eigenvalue weighted by Crippen LogP contribution is 2.26. The maximum absolute atomic E-state index is 12.9. The number of aliphatic hydroxyl groups is 1. The predicted molar refractivity (Wildman–Crippen MR) is 115 cm³/mol. The van der Waals surface area contributed by atoms with E-state index in [9.17, 15) is 19.5 Å². The zero-order valence-corrected chi connectivity index (χ0v) is 17.8. The lowest BCUT2D eigenvalue weighted by Crippen LogP contribution is -2.44. The van der Waals surface area contributed by atoms with Crippen LogP contribution in [-0.2, 0) is 14.3 Å². The van der Waals surface area contributed by atoms with Crippen molar-refractivity contribution in [3.63, 3.8) is 0 Å². The topological polar surface area (TPSA) is 115 Å². The summed E-state index contributed by atoms with van der Waals surface area (Å²) in [5.41, 5.74) is 0.656. The number of pyridine rings is 1. The summed E-state index contributed by atoms with van der Waals surface area (Å²) < 4.78 is 10.1. The molecule has 1 heterocycles. The number of aliphatic hydroxyl groups excluding tert-OH is 1. The molecule has 0 bridgehead atoms. The van der Waals surface area contributed by atoms with Gasteiger partial charge in [0.05, 0.1) is 30.3 Å². The zero-order valence-electron chi connectivity index (χ0n) is 17.8. The van der Waals surface area contributed by atoms with Crippen molar-refractivity contribution < 1.29 is 29.0 Å². The fraction of sp³-hybridized carbons (Fsp3) is 0.304. The van der Waals surface area contributed by atoms with Crippen LogP contribution in [0.5, 0.6) is 0 Å². The van der Waals surface area contributed by atoms with Crippen LogP contribution in [0.3, 0.4) is 0 Å². The van der Waals surface area contributed by atoms with Crippen LogP contribution < -0.4 is 5.32 Å². The molecular formula is C23H24N2O6. The van der Waals surface area contributed by atoms with Crippen molar-refractivity contribution in [1.29, 1.82) is 0 Å². The highest BCUT2D eigenvalue weighted by Gasteiger charge is 2.25. The lowest BCUT2D eigenvalue weighted by atomic mass is 10.0. The summed E-state index contributed by atoms with van der Waals surface area (Å²) in [6.45, 7) is 4.62. The molecule has 2 N–H and O–H groups in total. The van der Waals surface area contributed by atoms with Crippen molar-refractivity contribution >= 4 is 39.7 Å². The Bertz CT molecular complexity index is 1170. The Kier molecular flexibility index (Phi) is 6.21. The number of esters is 2. The van der Waals surface area contributed by atoms with E-state index in [1.165, 1.54) is 12.1 Å². The lowest BCUT2D eigenvalue weighted by molar-refractivity contribution is -0.143. The summed E-state index contributed by atoms with van der Waals surface area (Å²) in [5, 5.41) is 13.2. The first kappa shape index (κ1) is 22.2. The number of hydrogen-bond acceptors (Lipinski definition) is 7. The highest BCUT2D eigenvalue weighted by atomic mass is 16.6. The maximum atomic E-state index is 12.9.